The van der Waals surface area contributed by atoms with Crippen LogP contribution >= 0.6 is 27.5 Å². The largest absolute Gasteiger partial charge is 0.326 e. The Morgan fingerprint density at radius 3 is 2.62 bits per heavy atom. The third kappa shape index (κ3) is 3.74. The van der Waals surface area contributed by atoms with Crippen LogP contribution in [0.15, 0.2) is 45.8 Å². The summed E-state index contributed by atoms with van der Waals surface area (Å²) in [6.45, 7) is 0.117. The lowest BCUT2D eigenvalue weighted by Gasteiger charge is -2.11. The van der Waals surface area contributed by atoms with Crippen molar-refractivity contribution in [3.05, 3.63) is 57.3 Å². The minimum atomic E-state index is -3.86. The molecule has 112 valence electrons. The van der Waals surface area contributed by atoms with E-state index in [1.165, 1.54) is 30.3 Å². The molecule has 0 aromatic heterocycles. The zero-order valence-electron chi connectivity index (χ0n) is 10.6. The van der Waals surface area contributed by atoms with Crippen LogP contribution in [0, 0.1) is 5.82 Å². The highest BCUT2D eigenvalue weighted by molar-refractivity contribution is 9.10. The lowest BCUT2D eigenvalue weighted by molar-refractivity contribution is 0.601. The molecular formula is C13H11BrClFN2O2S. The zero-order valence-corrected chi connectivity index (χ0v) is 13.8. The van der Waals surface area contributed by atoms with Crippen molar-refractivity contribution in [2.75, 3.05) is 4.72 Å². The molecule has 0 radical (unpaired) electrons. The van der Waals surface area contributed by atoms with Crippen molar-refractivity contribution in [1.82, 2.24) is 0 Å². The second-order valence-corrected chi connectivity index (χ2v) is 7.13. The average molecular weight is 394 g/mol. The molecule has 0 unspecified atom stereocenters. The molecule has 3 N–H and O–H groups in total. The molecule has 0 fully saturated rings. The Bertz CT molecular complexity index is 784. The second kappa shape index (κ2) is 6.31. The SMILES string of the molecule is NCc1cc(S(=O)(=O)Nc2cc(F)ccc2Br)ccc1Cl. The summed E-state index contributed by atoms with van der Waals surface area (Å²) < 4.78 is 40.6. The molecule has 0 bridgehead atoms. The molecular weight excluding hydrogens is 383 g/mol. The smallest absolute Gasteiger partial charge is 0.261 e. The van der Waals surface area contributed by atoms with Gasteiger partial charge in [0, 0.05) is 16.0 Å². The van der Waals surface area contributed by atoms with Gasteiger partial charge in [0.2, 0.25) is 0 Å². The summed E-state index contributed by atoms with van der Waals surface area (Å²) in [6, 6.07) is 7.92. The van der Waals surface area contributed by atoms with Crippen molar-refractivity contribution in [2.24, 2.45) is 5.73 Å². The summed E-state index contributed by atoms with van der Waals surface area (Å²) in [5.41, 5.74) is 6.12. The Kier molecular flexibility index (Phi) is 4.88. The van der Waals surface area contributed by atoms with Gasteiger partial charge in [-0.15, -0.1) is 0 Å². The average Bonchev–Trinajstić information content (AvgIpc) is 2.43. The molecule has 0 atom stereocenters. The quantitative estimate of drug-likeness (QED) is 0.835. The number of benzene rings is 2. The number of nitrogens with one attached hydrogen (secondary N) is 1. The van der Waals surface area contributed by atoms with E-state index in [2.05, 4.69) is 20.7 Å². The van der Waals surface area contributed by atoms with Crippen molar-refractivity contribution in [2.45, 2.75) is 11.4 Å². The van der Waals surface area contributed by atoms with E-state index >= 15 is 0 Å². The Morgan fingerprint density at radius 2 is 1.95 bits per heavy atom. The fourth-order valence-corrected chi connectivity index (χ4v) is 3.45. The summed E-state index contributed by atoms with van der Waals surface area (Å²) in [5, 5.41) is 0.392. The Balaban J connectivity index is 2.41. The molecule has 21 heavy (non-hydrogen) atoms. The summed E-state index contributed by atoms with van der Waals surface area (Å²) in [4.78, 5) is 0.00325. The molecule has 0 aliphatic rings. The van der Waals surface area contributed by atoms with Crippen molar-refractivity contribution < 1.29 is 12.8 Å². The van der Waals surface area contributed by atoms with Crippen LogP contribution in [0.1, 0.15) is 5.56 Å². The van der Waals surface area contributed by atoms with Gasteiger partial charge in [-0.3, -0.25) is 4.72 Å². The van der Waals surface area contributed by atoms with Crippen LogP contribution in [-0.4, -0.2) is 8.42 Å². The predicted octanol–water partition coefficient (Wildman–Crippen LogP) is 3.50. The molecule has 2 aromatic rings. The third-order valence-electron chi connectivity index (χ3n) is 2.72. The highest BCUT2D eigenvalue weighted by atomic mass is 79.9. The maximum Gasteiger partial charge on any atom is 0.261 e. The van der Waals surface area contributed by atoms with E-state index in [-0.39, 0.29) is 17.1 Å². The molecule has 4 nitrogen and oxygen atoms in total. The summed E-state index contributed by atoms with van der Waals surface area (Å²) in [5.74, 6) is -0.547. The number of hydrogen-bond acceptors (Lipinski definition) is 3. The number of nitrogens with two attached hydrogens (primary N) is 1. The highest BCUT2D eigenvalue weighted by Gasteiger charge is 2.17. The van der Waals surface area contributed by atoms with Crippen LogP contribution in [0.5, 0.6) is 0 Å². The van der Waals surface area contributed by atoms with E-state index in [0.29, 0.717) is 15.1 Å². The molecule has 0 spiro atoms. The van der Waals surface area contributed by atoms with E-state index in [4.69, 9.17) is 17.3 Å². The molecule has 0 heterocycles. The maximum atomic E-state index is 13.2. The first-order chi connectivity index (χ1) is 9.83. The first-order valence-electron chi connectivity index (χ1n) is 5.80. The summed E-state index contributed by atoms with van der Waals surface area (Å²) in [6.07, 6.45) is 0. The Labute approximate surface area is 135 Å². The van der Waals surface area contributed by atoms with Gasteiger partial charge in [0.05, 0.1) is 10.6 Å². The fourth-order valence-electron chi connectivity index (χ4n) is 1.65. The monoisotopic (exact) mass is 392 g/mol. The molecule has 0 saturated heterocycles. The van der Waals surface area contributed by atoms with Crippen LogP contribution in [0.25, 0.3) is 0 Å². The highest BCUT2D eigenvalue weighted by Crippen LogP contribution is 2.27. The zero-order chi connectivity index (χ0) is 15.6. The lowest BCUT2D eigenvalue weighted by atomic mass is 10.2. The van der Waals surface area contributed by atoms with Crippen LogP contribution in [-0.2, 0) is 16.6 Å². The molecule has 0 amide bonds. The lowest BCUT2D eigenvalue weighted by Crippen LogP contribution is -2.14. The molecule has 8 heteroatoms. The van der Waals surface area contributed by atoms with Gasteiger partial charge in [-0.05, 0) is 57.9 Å². The predicted molar refractivity (Wildman–Crippen MR) is 84.3 cm³/mol. The van der Waals surface area contributed by atoms with Crippen molar-refractivity contribution in [3.8, 4) is 0 Å². The maximum absolute atomic E-state index is 13.2. The number of sulfonamides is 1. The Hall–Kier alpha value is -1.15. The van der Waals surface area contributed by atoms with Gasteiger partial charge in [0.25, 0.3) is 10.0 Å². The number of hydrogen-bond donors (Lipinski definition) is 2. The fraction of sp³-hybridized carbons (Fsp3) is 0.0769. The summed E-state index contributed by atoms with van der Waals surface area (Å²) in [7, 11) is -3.86. The molecule has 0 saturated carbocycles. The Morgan fingerprint density at radius 1 is 1.24 bits per heavy atom. The van der Waals surface area contributed by atoms with E-state index < -0.39 is 15.8 Å². The second-order valence-electron chi connectivity index (χ2n) is 4.19. The van der Waals surface area contributed by atoms with E-state index in [0.717, 1.165) is 6.07 Å². The van der Waals surface area contributed by atoms with Crippen molar-refractivity contribution in [1.29, 1.82) is 0 Å². The minimum Gasteiger partial charge on any atom is -0.326 e. The van der Waals surface area contributed by atoms with Gasteiger partial charge < -0.3 is 5.73 Å². The van der Waals surface area contributed by atoms with Gasteiger partial charge in [-0.25, -0.2) is 12.8 Å². The normalized spacial score (nSPS) is 11.4. The first-order valence-corrected chi connectivity index (χ1v) is 8.45. The third-order valence-corrected chi connectivity index (χ3v) is 5.14. The topological polar surface area (TPSA) is 72.2 Å². The van der Waals surface area contributed by atoms with E-state index in [1.54, 1.807) is 0 Å². The van der Waals surface area contributed by atoms with Crippen LogP contribution in [0.2, 0.25) is 5.02 Å². The van der Waals surface area contributed by atoms with Crippen LogP contribution < -0.4 is 10.5 Å². The van der Waals surface area contributed by atoms with Gasteiger partial charge in [0.15, 0.2) is 0 Å². The summed E-state index contributed by atoms with van der Waals surface area (Å²) >= 11 is 9.06. The number of halogens is 3. The van der Waals surface area contributed by atoms with Gasteiger partial charge in [-0.1, -0.05) is 11.6 Å². The molecule has 0 aliphatic carbocycles. The van der Waals surface area contributed by atoms with Gasteiger partial charge in [-0.2, -0.15) is 0 Å². The van der Waals surface area contributed by atoms with Crippen LogP contribution in [0.4, 0.5) is 10.1 Å². The van der Waals surface area contributed by atoms with Crippen molar-refractivity contribution >= 4 is 43.2 Å². The van der Waals surface area contributed by atoms with Gasteiger partial charge in [0.1, 0.15) is 5.82 Å². The standard InChI is InChI=1S/C13H11BrClFN2O2S/c14-11-3-1-9(16)6-13(11)18-21(19,20)10-2-4-12(15)8(5-10)7-17/h1-6,18H,7,17H2. The van der Waals surface area contributed by atoms with Gasteiger partial charge >= 0.3 is 0 Å². The molecule has 0 aliphatic heterocycles. The van der Waals surface area contributed by atoms with E-state index in [9.17, 15) is 12.8 Å². The molecule has 2 rings (SSSR count). The minimum absolute atomic E-state index is 0.00325. The number of anilines is 1. The molecule has 2 aromatic carbocycles. The first kappa shape index (κ1) is 16.2. The van der Waals surface area contributed by atoms with E-state index in [1.807, 2.05) is 0 Å². The van der Waals surface area contributed by atoms with Crippen molar-refractivity contribution in [3.63, 3.8) is 0 Å². The number of rotatable bonds is 4. The van der Waals surface area contributed by atoms with Crippen LogP contribution in [0.3, 0.4) is 0 Å².